The summed E-state index contributed by atoms with van der Waals surface area (Å²) in [4.78, 5) is 0. The summed E-state index contributed by atoms with van der Waals surface area (Å²) in [5.41, 5.74) is 5.60. The largest absolute Gasteiger partial charge is 0.388 e. The molecule has 4 rings (SSSR count). The molecule has 2 aliphatic carbocycles. The molecular formula is C19H23NO. The average molecular weight is 281 g/mol. The number of aliphatic hydroxyl groups excluding tert-OH is 1. The molecule has 0 fully saturated rings. The van der Waals surface area contributed by atoms with E-state index in [0.717, 1.165) is 25.8 Å². The summed E-state index contributed by atoms with van der Waals surface area (Å²) < 4.78 is 2.33. The minimum Gasteiger partial charge on any atom is -0.388 e. The Balaban J connectivity index is 1.60. The molecule has 2 heteroatoms. The molecule has 1 N–H and O–H groups in total. The molecule has 21 heavy (non-hydrogen) atoms. The molecule has 2 nitrogen and oxygen atoms in total. The zero-order valence-corrected chi connectivity index (χ0v) is 12.5. The first-order chi connectivity index (χ1) is 10.3. The zero-order valence-electron chi connectivity index (χ0n) is 12.5. The minimum absolute atomic E-state index is 0.242. The first-order valence-corrected chi connectivity index (χ1v) is 8.25. The summed E-state index contributed by atoms with van der Waals surface area (Å²) in [6.45, 7) is 1.05. The molecule has 2 unspecified atom stereocenters. The summed E-state index contributed by atoms with van der Waals surface area (Å²) >= 11 is 0. The quantitative estimate of drug-likeness (QED) is 0.885. The van der Waals surface area contributed by atoms with Gasteiger partial charge in [-0.1, -0.05) is 24.3 Å². The first-order valence-electron chi connectivity index (χ1n) is 8.25. The Morgan fingerprint density at radius 3 is 2.67 bits per heavy atom. The molecule has 0 spiro atoms. The fraction of sp³-hybridized carbons (Fsp3) is 0.474. The monoisotopic (exact) mass is 281 g/mol. The van der Waals surface area contributed by atoms with Gasteiger partial charge >= 0.3 is 0 Å². The molecular weight excluding hydrogens is 258 g/mol. The SMILES string of the molecule is OC1CCCc2cn(CC3CCCc4ccccc43)cc21. The van der Waals surface area contributed by atoms with Gasteiger partial charge in [-0.15, -0.1) is 0 Å². The second kappa shape index (κ2) is 5.34. The minimum atomic E-state index is -0.242. The molecule has 2 aromatic rings. The molecule has 110 valence electrons. The molecule has 0 bridgehead atoms. The van der Waals surface area contributed by atoms with Crippen LogP contribution in [0.25, 0.3) is 0 Å². The number of aromatic nitrogens is 1. The molecule has 0 saturated heterocycles. The lowest BCUT2D eigenvalue weighted by Crippen LogP contribution is -2.14. The Labute approximate surface area is 126 Å². The highest BCUT2D eigenvalue weighted by molar-refractivity contribution is 5.33. The summed E-state index contributed by atoms with van der Waals surface area (Å²) in [7, 11) is 0. The third kappa shape index (κ3) is 2.42. The summed E-state index contributed by atoms with van der Waals surface area (Å²) in [6, 6.07) is 8.91. The van der Waals surface area contributed by atoms with Crippen molar-refractivity contribution in [1.29, 1.82) is 0 Å². The molecule has 0 radical (unpaired) electrons. The highest BCUT2D eigenvalue weighted by atomic mass is 16.3. The topological polar surface area (TPSA) is 25.2 Å². The summed E-state index contributed by atoms with van der Waals surface area (Å²) in [5, 5.41) is 10.1. The van der Waals surface area contributed by atoms with Crippen molar-refractivity contribution < 1.29 is 5.11 Å². The van der Waals surface area contributed by atoms with Crippen LogP contribution >= 0.6 is 0 Å². The van der Waals surface area contributed by atoms with E-state index in [9.17, 15) is 5.11 Å². The van der Waals surface area contributed by atoms with Gasteiger partial charge in [0.25, 0.3) is 0 Å². The summed E-state index contributed by atoms with van der Waals surface area (Å²) in [6.07, 6.45) is 11.2. The maximum Gasteiger partial charge on any atom is 0.0807 e. The van der Waals surface area contributed by atoms with Gasteiger partial charge in [-0.05, 0) is 55.2 Å². The van der Waals surface area contributed by atoms with Gasteiger partial charge in [0.2, 0.25) is 0 Å². The third-order valence-electron chi connectivity index (χ3n) is 5.20. The van der Waals surface area contributed by atoms with Crippen LogP contribution in [0.5, 0.6) is 0 Å². The highest BCUT2D eigenvalue weighted by Crippen LogP contribution is 2.35. The van der Waals surface area contributed by atoms with Crippen molar-refractivity contribution in [2.45, 2.75) is 57.1 Å². The molecule has 1 aromatic heterocycles. The van der Waals surface area contributed by atoms with Gasteiger partial charge in [-0.3, -0.25) is 0 Å². The van der Waals surface area contributed by atoms with Gasteiger partial charge in [0.05, 0.1) is 6.10 Å². The van der Waals surface area contributed by atoms with Crippen LogP contribution in [0.4, 0.5) is 0 Å². The Morgan fingerprint density at radius 2 is 1.76 bits per heavy atom. The van der Waals surface area contributed by atoms with Gasteiger partial charge in [0, 0.05) is 30.4 Å². The Kier molecular flexibility index (Phi) is 3.34. The van der Waals surface area contributed by atoms with E-state index in [2.05, 4.69) is 41.2 Å². The zero-order chi connectivity index (χ0) is 14.2. The van der Waals surface area contributed by atoms with Crippen LogP contribution in [0.3, 0.4) is 0 Å². The smallest absolute Gasteiger partial charge is 0.0807 e. The van der Waals surface area contributed by atoms with Crippen molar-refractivity contribution in [3.63, 3.8) is 0 Å². The normalized spacial score (nSPS) is 24.4. The van der Waals surface area contributed by atoms with Crippen molar-refractivity contribution in [1.82, 2.24) is 4.57 Å². The van der Waals surface area contributed by atoms with Gasteiger partial charge in [0.1, 0.15) is 0 Å². The van der Waals surface area contributed by atoms with Gasteiger partial charge in [-0.2, -0.15) is 0 Å². The second-order valence-corrected chi connectivity index (χ2v) is 6.63. The number of aliphatic hydroxyl groups is 1. The number of hydrogen-bond donors (Lipinski definition) is 1. The lowest BCUT2D eigenvalue weighted by Gasteiger charge is -2.25. The Bertz CT molecular complexity index is 643. The van der Waals surface area contributed by atoms with E-state index in [-0.39, 0.29) is 6.10 Å². The molecule has 2 aliphatic rings. The number of aryl methyl sites for hydroxylation is 2. The number of fused-ring (bicyclic) bond motifs is 2. The van der Waals surface area contributed by atoms with E-state index in [0.29, 0.717) is 5.92 Å². The molecule has 0 amide bonds. The average Bonchev–Trinajstić information content (AvgIpc) is 2.92. The maximum absolute atomic E-state index is 10.1. The van der Waals surface area contributed by atoms with Crippen molar-refractivity contribution >= 4 is 0 Å². The van der Waals surface area contributed by atoms with Crippen LogP contribution in [0.2, 0.25) is 0 Å². The van der Waals surface area contributed by atoms with Crippen molar-refractivity contribution in [3.8, 4) is 0 Å². The molecule has 0 saturated carbocycles. The van der Waals surface area contributed by atoms with Crippen LogP contribution in [0.1, 0.15) is 60.0 Å². The molecule has 1 heterocycles. The molecule has 0 aliphatic heterocycles. The van der Waals surface area contributed by atoms with Gasteiger partial charge in [-0.25, -0.2) is 0 Å². The standard InChI is InChI=1S/C19H23NO/c21-19-10-4-8-16-12-20(13-18(16)19)11-15-7-3-6-14-5-1-2-9-17(14)15/h1-2,5,9,12-13,15,19,21H,3-4,6-8,10-11H2. The van der Waals surface area contributed by atoms with E-state index < -0.39 is 0 Å². The van der Waals surface area contributed by atoms with E-state index in [1.54, 1.807) is 0 Å². The second-order valence-electron chi connectivity index (χ2n) is 6.63. The van der Waals surface area contributed by atoms with Gasteiger partial charge in [0.15, 0.2) is 0 Å². The predicted octanol–water partition coefficient (Wildman–Crippen LogP) is 3.98. The third-order valence-corrected chi connectivity index (χ3v) is 5.20. The summed E-state index contributed by atoms with van der Waals surface area (Å²) in [5.74, 6) is 0.626. The lowest BCUT2D eigenvalue weighted by molar-refractivity contribution is 0.157. The van der Waals surface area contributed by atoms with Crippen LogP contribution in [-0.4, -0.2) is 9.67 Å². The fourth-order valence-corrected chi connectivity index (χ4v) is 4.13. The van der Waals surface area contributed by atoms with Gasteiger partial charge < -0.3 is 9.67 Å². The van der Waals surface area contributed by atoms with Crippen molar-refractivity contribution in [2.75, 3.05) is 0 Å². The first kappa shape index (κ1) is 13.1. The maximum atomic E-state index is 10.1. The van der Waals surface area contributed by atoms with Crippen molar-refractivity contribution in [3.05, 3.63) is 58.9 Å². The lowest BCUT2D eigenvalue weighted by atomic mass is 9.83. The van der Waals surface area contributed by atoms with E-state index >= 15 is 0 Å². The number of rotatable bonds is 2. The Hall–Kier alpha value is -1.54. The van der Waals surface area contributed by atoms with E-state index in [1.807, 2.05) is 0 Å². The molecule has 1 aromatic carbocycles. The van der Waals surface area contributed by atoms with Crippen molar-refractivity contribution in [2.24, 2.45) is 0 Å². The number of hydrogen-bond acceptors (Lipinski definition) is 1. The number of nitrogens with zero attached hydrogens (tertiary/aromatic N) is 1. The number of benzene rings is 1. The van der Waals surface area contributed by atoms with Crippen LogP contribution in [-0.2, 0) is 19.4 Å². The van der Waals surface area contributed by atoms with Crippen LogP contribution in [0.15, 0.2) is 36.7 Å². The molecule has 2 atom stereocenters. The van der Waals surface area contributed by atoms with Crippen LogP contribution in [0, 0.1) is 0 Å². The van der Waals surface area contributed by atoms with E-state index in [1.165, 1.54) is 41.5 Å². The van der Waals surface area contributed by atoms with E-state index in [4.69, 9.17) is 0 Å². The van der Waals surface area contributed by atoms with Crippen LogP contribution < -0.4 is 0 Å². The Morgan fingerprint density at radius 1 is 0.952 bits per heavy atom. The highest BCUT2D eigenvalue weighted by Gasteiger charge is 2.23. The fourth-order valence-electron chi connectivity index (χ4n) is 4.13. The predicted molar refractivity (Wildman–Crippen MR) is 84.5 cm³/mol.